The molecule has 0 atom stereocenters. The Balaban J connectivity index is 1.61. The first-order chi connectivity index (χ1) is 13.5. The van der Waals surface area contributed by atoms with Crippen LogP contribution in [-0.2, 0) is 0 Å². The molecule has 4 rings (SSSR count). The molecule has 28 heavy (non-hydrogen) atoms. The van der Waals surface area contributed by atoms with Crippen LogP contribution >= 0.6 is 11.6 Å². The third kappa shape index (κ3) is 3.91. The molecule has 148 valence electrons. The van der Waals surface area contributed by atoms with Gasteiger partial charge in [-0.05, 0) is 50.8 Å². The number of aromatic nitrogens is 3. The van der Waals surface area contributed by atoms with Gasteiger partial charge in [0.25, 0.3) is 6.01 Å². The van der Waals surface area contributed by atoms with Gasteiger partial charge in [-0.15, -0.1) is 0 Å². The zero-order valence-electron chi connectivity index (χ0n) is 15.4. The van der Waals surface area contributed by atoms with E-state index in [4.69, 9.17) is 21.1 Å². The van der Waals surface area contributed by atoms with Crippen molar-refractivity contribution < 1.29 is 19.0 Å². The van der Waals surface area contributed by atoms with E-state index in [2.05, 4.69) is 15.0 Å². The first-order valence-electron chi connectivity index (χ1n) is 9.37. The van der Waals surface area contributed by atoms with Crippen LogP contribution in [0.15, 0.2) is 24.3 Å². The molecule has 2 aromatic heterocycles. The number of pyridine rings is 1. The highest BCUT2D eigenvalue weighted by Gasteiger charge is 2.22. The monoisotopic (exact) mass is 405 g/mol. The number of halogens is 2. The van der Waals surface area contributed by atoms with E-state index < -0.39 is 5.82 Å². The summed E-state index contributed by atoms with van der Waals surface area (Å²) in [5.41, 5.74) is 1.63. The Morgan fingerprint density at radius 2 is 2.00 bits per heavy atom. The van der Waals surface area contributed by atoms with Crippen LogP contribution < -0.4 is 9.47 Å². The van der Waals surface area contributed by atoms with Gasteiger partial charge in [-0.1, -0.05) is 11.6 Å². The zero-order chi connectivity index (χ0) is 19.7. The molecule has 1 aliphatic carbocycles. The molecule has 1 aliphatic rings. The van der Waals surface area contributed by atoms with Gasteiger partial charge in [-0.25, -0.2) is 9.37 Å². The predicted molar refractivity (Wildman–Crippen MR) is 104 cm³/mol. The highest BCUT2D eigenvalue weighted by atomic mass is 35.5. The number of aliphatic hydroxyl groups excluding tert-OH is 1. The molecular weight excluding hydrogens is 385 g/mol. The number of hydrogen-bond acceptors (Lipinski definition) is 5. The molecule has 1 aromatic carbocycles. The normalized spacial score (nSPS) is 19.7. The average molecular weight is 406 g/mol. The Hall–Kier alpha value is -2.38. The number of nitrogens with one attached hydrogen (secondary N) is 1. The minimum absolute atomic E-state index is 0.00228. The van der Waals surface area contributed by atoms with Gasteiger partial charge in [-0.2, -0.15) is 4.98 Å². The Labute approximate surface area is 166 Å². The number of benzene rings is 1. The van der Waals surface area contributed by atoms with E-state index >= 15 is 0 Å². The van der Waals surface area contributed by atoms with Crippen LogP contribution in [0.3, 0.4) is 0 Å². The standard InChI is InChI=1S/C20H21ClFN3O3/c1-2-27-13-7-8-14(16(22)9-13)18-15(21)10-17-19(24-18)25-20(23-17)28-12-5-3-11(26)4-6-12/h7-12,26H,2-6H2,1H3,(H,23,24,25)/t11-,12-. The molecule has 8 heteroatoms. The van der Waals surface area contributed by atoms with Crippen molar-refractivity contribution in [3.63, 3.8) is 0 Å². The molecule has 2 N–H and O–H groups in total. The topological polar surface area (TPSA) is 80.3 Å². The van der Waals surface area contributed by atoms with Crippen LogP contribution in [0.2, 0.25) is 5.02 Å². The second kappa shape index (κ2) is 7.93. The van der Waals surface area contributed by atoms with Crippen LogP contribution in [0.1, 0.15) is 32.6 Å². The second-order valence-corrected chi connectivity index (χ2v) is 7.26. The van der Waals surface area contributed by atoms with Gasteiger partial charge in [0.2, 0.25) is 0 Å². The summed E-state index contributed by atoms with van der Waals surface area (Å²) < 4.78 is 25.7. The third-order valence-corrected chi connectivity index (χ3v) is 5.12. The summed E-state index contributed by atoms with van der Waals surface area (Å²) in [6, 6.07) is 6.59. The molecule has 0 aliphatic heterocycles. The quantitative estimate of drug-likeness (QED) is 0.653. The van der Waals surface area contributed by atoms with Crippen molar-refractivity contribution in [2.45, 2.75) is 44.8 Å². The number of aliphatic hydroxyl groups is 1. The molecule has 0 spiro atoms. The van der Waals surface area contributed by atoms with Crippen molar-refractivity contribution in [2.24, 2.45) is 0 Å². The van der Waals surface area contributed by atoms with Gasteiger partial charge in [0.1, 0.15) is 23.2 Å². The Morgan fingerprint density at radius 3 is 2.71 bits per heavy atom. The van der Waals surface area contributed by atoms with Crippen LogP contribution in [0, 0.1) is 5.82 Å². The molecule has 1 saturated carbocycles. The van der Waals surface area contributed by atoms with E-state index in [1.165, 1.54) is 6.07 Å². The maximum Gasteiger partial charge on any atom is 0.296 e. The number of rotatable bonds is 5. The minimum Gasteiger partial charge on any atom is -0.494 e. The Bertz CT molecular complexity index is 986. The fourth-order valence-corrected chi connectivity index (χ4v) is 3.65. The first-order valence-corrected chi connectivity index (χ1v) is 9.75. The van der Waals surface area contributed by atoms with Gasteiger partial charge < -0.3 is 14.6 Å². The van der Waals surface area contributed by atoms with E-state index in [9.17, 15) is 9.50 Å². The van der Waals surface area contributed by atoms with Crippen molar-refractivity contribution >= 4 is 22.8 Å². The average Bonchev–Trinajstić information content (AvgIpc) is 3.05. The number of aromatic amines is 1. The fraction of sp³-hybridized carbons (Fsp3) is 0.400. The fourth-order valence-electron chi connectivity index (χ4n) is 3.41. The summed E-state index contributed by atoms with van der Waals surface area (Å²) in [6.07, 6.45) is 2.74. The highest BCUT2D eigenvalue weighted by Crippen LogP contribution is 2.33. The number of ether oxygens (including phenoxy) is 2. The summed E-state index contributed by atoms with van der Waals surface area (Å²) in [7, 11) is 0. The number of H-pyrrole nitrogens is 1. The number of imidazole rings is 1. The third-order valence-electron chi connectivity index (χ3n) is 4.83. The lowest BCUT2D eigenvalue weighted by Crippen LogP contribution is -2.26. The van der Waals surface area contributed by atoms with Gasteiger partial charge in [0, 0.05) is 11.6 Å². The highest BCUT2D eigenvalue weighted by molar-refractivity contribution is 6.33. The van der Waals surface area contributed by atoms with Crippen molar-refractivity contribution in [1.82, 2.24) is 15.0 Å². The van der Waals surface area contributed by atoms with E-state index in [0.717, 1.165) is 25.7 Å². The van der Waals surface area contributed by atoms with Gasteiger partial charge in [0.15, 0.2) is 5.65 Å². The molecule has 2 heterocycles. The van der Waals surface area contributed by atoms with Gasteiger partial charge >= 0.3 is 0 Å². The Kier molecular flexibility index (Phi) is 5.37. The number of nitrogens with zero attached hydrogens (tertiary/aromatic N) is 2. The summed E-state index contributed by atoms with van der Waals surface area (Å²) >= 11 is 6.34. The molecule has 0 bridgehead atoms. The lowest BCUT2D eigenvalue weighted by Gasteiger charge is -2.24. The lowest BCUT2D eigenvalue weighted by atomic mass is 9.95. The van der Waals surface area contributed by atoms with Crippen molar-refractivity contribution in [2.75, 3.05) is 6.61 Å². The summed E-state index contributed by atoms with van der Waals surface area (Å²) in [4.78, 5) is 11.9. The molecular formula is C20H21ClFN3O3. The molecule has 6 nitrogen and oxygen atoms in total. The summed E-state index contributed by atoms with van der Waals surface area (Å²) in [5.74, 6) is -0.00719. The van der Waals surface area contributed by atoms with Crippen molar-refractivity contribution in [3.05, 3.63) is 35.1 Å². The van der Waals surface area contributed by atoms with Gasteiger partial charge in [0.05, 0.1) is 23.4 Å². The Morgan fingerprint density at radius 1 is 1.21 bits per heavy atom. The van der Waals surface area contributed by atoms with Crippen molar-refractivity contribution in [3.8, 4) is 23.0 Å². The van der Waals surface area contributed by atoms with Crippen molar-refractivity contribution in [1.29, 1.82) is 0 Å². The number of hydrogen-bond donors (Lipinski definition) is 2. The van der Waals surface area contributed by atoms with Crippen LogP contribution in [0.25, 0.3) is 22.4 Å². The maximum absolute atomic E-state index is 14.5. The largest absolute Gasteiger partial charge is 0.494 e. The molecule has 3 aromatic rings. The van der Waals surface area contributed by atoms with Crippen LogP contribution in [0.4, 0.5) is 4.39 Å². The molecule has 0 radical (unpaired) electrons. The second-order valence-electron chi connectivity index (χ2n) is 6.85. The molecule has 0 amide bonds. The summed E-state index contributed by atoms with van der Waals surface area (Å²) in [5, 5.41) is 9.90. The van der Waals surface area contributed by atoms with E-state index in [0.29, 0.717) is 40.2 Å². The van der Waals surface area contributed by atoms with Gasteiger partial charge in [-0.3, -0.25) is 4.98 Å². The number of fused-ring (bicyclic) bond motifs is 1. The maximum atomic E-state index is 14.5. The predicted octanol–water partition coefficient (Wildman–Crippen LogP) is 4.50. The lowest BCUT2D eigenvalue weighted by molar-refractivity contribution is 0.0625. The van der Waals surface area contributed by atoms with E-state index in [1.807, 2.05) is 6.92 Å². The van der Waals surface area contributed by atoms with Crippen LogP contribution in [0.5, 0.6) is 11.8 Å². The van der Waals surface area contributed by atoms with E-state index in [-0.39, 0.29) is 17.8 Å². The minimum atomic E-state index is -0.462. The SMILES string of the molecule is CCOc1ccc(-c2nc3[nH]c(O[C@H]4CC[C@H](O)CC4)nc3cc2Cl)c(F)c1. The smallest absolute Gasteiger partial charge is 0.296 e. The molecule has 0 saturated heterocycles. The zero-order valence-corrected chi connectivity index (χ0v) is 16.2. The molecule has 1 fully saturated rings. The first kappa shape index (κ1) is 19.0. The van der Waals surface area contributed by atoms with Crippen LogP contribution in [-0.4, -0.2) is 38.9 Å². The summed E-state index contributed by atoms with van der Waals surface area (Å²) in [6.45, 7) is 2.30. The van der Waals surface area contributed by atoms with E-state index in [1.54, 1.807) is 18.2 Å². The molecule has 0 unspecified atom stereocenters.